The molecule has 0 amide bonds. The van der Waals surface area contributed by atoms with Gasteiger partial charge in [-0.25, -0.2) is 0 Å². The van der Waals surface area contributed by atoms with E-state index in [9.17, 15) is 4.79 Å². The summed E-state index contributed by atoms with van der Waals surface area (Å²) in [7, 11) is 1.66. The molecule has 0 unspecified atom stereocenters. The number of carboxylic acids is 1. The first kappa shape index (κ1) is 14.3. The lowest BCUT2D eigenvalue weighted by Gasteiger charge is -2.35. The first-order valence-electron chi connectivity index (χ1n) is 6.29. The Labute approximate surface area is 115 Å². The van der Waals surface area contributed by atoms with Crippen molar-refractivity contribution < 1.29 is 19.2 Å². The van der Waals surface area contributed by atoms with Crippen LogP contribution in [0.1, 0.15) is 38.4 Å². The molecule has 1 aliphatic rings. The van der Waals surface area contributed by atoms with Crippen molar-refractivity contribution in [1.82, 2.24) is 10.1 Å². The maximum absolute atomic E-state index is 10.5. The Morgan fingerprint density at radius 2 is 2.26 bits per heavy atom. The molecule has 1 saturated carbocycles. The van der Waals surface area contributed by atoms with Crippen LogP contribution in [0.3, 0.4) is 0 Å². The van der Waals surface area contributed by atoms with Gasteiger partial charge in [0.1, 0.15) is 11.4 Å². The Morgan fingerprint density at radius 1 is 1.58 bits per heavy atom. The lowest BCUT2D eigenvalue weighted by molar-refractivity contribution is -0.133. The number of aliphatic carboxylic acids is 1. The molecule has 0 atom stereocenters. The van der Waals surface area contributed by atoms with Crippen LogP contribution in [0, 0.1) is 5.92 Å². The summed E-state index contributed by atoms with van der Waals surface area (Å²) in [6.45, 7) is 2.23. The molecule has 6 nitrogen and oxygen atoms in total. The van der Waals surface area contributed by atoms with Crippen LogP contribution in [0.5, 0.6) is 0 Å². The molecule has 0 radical (unpaired) electrons. The standard InChI is InChI=1S/C12H18N2O4S/c1-8-3-5-12(17-2,6-4-8)10-13-11(18-14-10)19-7-9(15)16/h8H,3-7H2,1-2H3,(H,15,16). The van der Waals surface area contributed by atoms with Gasteiger partial charge in [0.2, 0.25) is 5.82 Å². The van der Waals surface area contributed by atoms with Crippen LogP contribution in [0.15, 0.2) is 9.75 Å². The predicted molar refractivity (Wildman–Crippen MR) is 69.0 cm³/mol. The number of thioether (sulfide) groups is 1. The van der Waals surface area contributed by atoms with Gasteiger partial charge in [-0.3, -0.25) is 4.79 Å². The van der Waals surface area contributed by atoms with Gasteiger partial charge >= 0.3 is 5.97 Å². The predicted octanol–water partition coefficient (Wildman–Crippen LogP) is 2.30. The number of carbonyl (C=O) groups is 1. The minimum Gasteiger partial charge on any atom is -0.481 e. The smallest absolute Gasteiger partial charge is 0.314 e. The monoisotopic (exact) mass is 286 g/mol. The third-order valence-electron chi connectivity index (χ3n) is 3.61. The van der Waals surface area contributed by atoms with Crippen molar-refractivity contribution in [2.24, 2.45) is 5.92 Å². The Morgan fingerprint density at radius 3 is 2.84 bits per heavy atom. The van der Waals surface area contributed by atoms with Crippen LogP contribution in [0.4, 0.5) is 0 Å². The van der Waals surface area contributed by atoms with Gasteiger partial charge in [0.05, 0.1) is 0 Å². The molecular formula is C12H18N2O4S. The molecule has 0 bridgehead atoms. The first-order chi connectivity index (χ1) is 9.05. The van der Waals surface area contributed by atoms with E-state index in [-0.39, 0.29) is 11.0 Å². The van der Waals surface area contributed by atoms with Gasteiger partial charge < -0.3 is 14.4 Å². The Kier molecular flexibility index (Phi) is 4.46. The maximum Gasteiger partial charge on any atom is 0.314 e. The fourth-order valence-corrected chi connectivity index (χ4v) is 2.81. The number of ether oxygens (including phenoxy) is 1. The highest BCUT2D eigenvalue weighted by molar-refractivity contribution is 7.99. The third kappa shape index (κ3) is 3.27. The van der Waals surface area contributed by atoms with Crippen LogP contribution in [0.2, 0.25) is 0 Å². The van der Waals surface area contributed by atoms with Crippen molar-refractivity contribution >= 4 is 17.7 Å². The molecule has 0 spiro atoms. The summed E-state index contributed by atoms with van der Waals surface area (Å²) >= 11 is 1.03. The van der Waals surface area contributed by atoms with E-state index in [0.29, 0.717) is 11.7 Å². The molecule has 106 valence electrons. The largest absolute Gasteiger partial charge is 0.481 e. The van der Waals surface area contributed by atoms with Gasteiger partial charge in [-0.05, 0) is 31.6 Å². The summed E-state index contributed by atoms with van der Waals surface area (Å²) < 4.78 is 10.7. The van der Waals surface area contributed by atoms with Gasteiger partial charge in [0, 0.05) is 7.11 Å². The molecule has 0 aliphatic heterocycles. The second-order valence-corrected chi connectivity index (χ2v) is 5.87. The van der Waals surface area contributed by atoms with E-state index in [1.807, 2.05) is 0 Å². The van der Waals surface area contributed by atoms with Crippen molar-refractivity contribution in [3.8, 4) is 0 Å². The van der Waals surface area contributed by atoms with Crippen LogP contribution in [0.25, 0.3) is 0 Å². The van der Waals surface area contributed by atoms with E-state index < -0.39 is 11.6 Å². The van der Waals surface area contributed by atoms with Gasteiger partial charge in [0.15, 0.2) is 0 Å². The fraction of sp³-hybridized carbons (Fsp3) is 0.750. The van der Waals surface area contributed by atoms with Crippen LogP contribution in [-0.4, -0.2) is 34.1 Å². The van der Waals surface area contributed by atoms with E-state index in [1.165, 1.54) is 0 Å². The lowest BCUT2D eigenvalue weighted by atomic mass is 9.79. The van der Waals surface area contributed by atoms with Crippen molar-refractivity contribution in [3.05, 3.63) is 5.82 Å². The SMILES string of the molecule is COC1(c2noc(SCC(=O)O)n2)CCC(C)CC1. The molecule has 1 aromatic heterocycles. The number of methoxy groups -OCH3 is 1. The van der Waals surface area contributed by atoms with E-state index in [1.54, 1.807) is 7.11 Å². The van der Waals surface area contributed by atoms with Crippen molar-refractivity contribution in [3.63, 3.8) is 0 Å². The fourth-order valence-electron chi connectivity index (χ4n) is 2.32. The van der Waals surface area contributed by atoms with E-state index >= 15 is 0 Å². The molecule has 1 aromatic rings. The molecule has 2 rings (SSSR count). The lowest BCUT2D eigenvalue weighted by Crippen LogP contribution is -2.34. The van der Waals surface area contributed by atoms with Crippen molar-refractivity contribution in [2.75, 3.05) is 12.9 Å². The van der Waals surface area contributed by atoms with Crippen molar-refractivity contribution in [2.45, 2.75) is 43.4 Å². The van der Waals surface area contributed by atoms with E-state index in [0.717, 1.165) is 37.4 Å². The van der Waals surface area contributed by atoms with Gasteiger partial charge in [-0.1, -0.05) is 23.8 Å². The summed E-state index contributed by atoms with van der Waals surface area (Å²) in [5.41, 5.74) is -0.474. The molecule has 1 heterocycles. The quantitative estimate of drug-likeness (QED) is 0.831. The summed E-state index contributed by atoms with van der Waals surface area (Å²) in [5.74, 6) is 0.238. The maximum atomic E-state index is 10.5. The first-order valence-corrected chi connectivity index (χ1v) is 7.28. The number of nitrogens with zero attached hydrogens (tertiary/aromatic N) is 2. The highest BCUT2D eigenvalue weighted by Gasteiger charge is 2.40. The average Bonchev–Trinajstić information content (AvgIpc) is 2.87. The Hall–Kier alpha value is -1.08. The molecule has 1 fully saturated rings. The number of hydrogen-bond donors (Lipinski definition) is 1. The van der Waals surface area contributed by atoms with Gasteiger partial charge in [-0.2, -0.15) is 4.98 Å². The van der Waals surface area contributed by atoms with Crippen LogP contribution < -0.4 is 0 Å². The number of aromatic nitrogens is 2. The second kappa shape index (κ2) is 5.92. The van der Waals surface area contributed by atoms with E-state index in [4.69, 9.17) is 14.4 Å². The zero-order chi connectivity index (χ0) is 13.9. The Bertz CT molecular complexity index is 441. The third-order valence-corrected chi connectivity index (χ3v) is 4.41. The number of hydrogen-bond acceptors (Lipinski definition) is 6. The summed E-state index contributed by atoms with van der Waals surface area (Å²) in [6, 6.07) is 0. The topological polar surface area (TPSA) is 85.5 Å². The minimum atomic E-state index is -0.905. The van der Waals surface area contributed by atoms with Crippen LogP contribution >= 0.6 is 11.8 Å². The van der Waals surface area contributed by atoms with Crippen molar-refractivity contribution in [1.29, 1.82) is 0 Å². The molecule has 1 N–H and O–H groups in total. The number of rotatable bonds is 5. The molecule has 0 aromatic carbocycles. The average molecular weight is 286 g/mol. The van der Waals surface area contributed by atoms with E-state index in [2.05, 4.69) is 17.1 Å². The summed E-state index contributed by atoms with van der Waals surface area (Å²) in [4.78, 5) is 14.8. The number of carboxylic acid groups (broad SMARTS) is 1. The molecular weight excluding hydrogens is 268 g/mol. The zero-order valence-electron chi connectivity index (χ0n) is 11.1. The molecule has 1 aliphatic carbocycles. The summed E-state index contributed by atoms with van der Waals surface area (Å²) in [6.07, 6.45) is 3.88. The minimum absolute atomic E-state index is 0.0847. The molecule has 0 saturated heterocycles. The highest BCUT2D eigenvalue weighted by atomic mass is 32.2. The zero-order valence-corrected chi connectivity index (χ0v) is 11.9. The van der Waals surface area contributed by atoms with Gasteiger partial charge in [0.25, 0.3) is 5.22 Å². The van der Waals surface area contributed by atoms with Crippen LogP contribution in [-0.2, 0) is 15.1 Å². The Balaban J connectivity index is 2.09. The molecule has 7 heteroatoms. The molecule has 19 heavy (non-hydrogen) atoms. The normalized spacial score (nSPS) is 27.4. The summed E-state index contributed by atoms with van der Waals surface area (Å²) in [5, 5.41) is 12.9. The second-order valence-electron chi connectivity index (χ2n) is 4.95. The highest BCUT2D eigenvalue weighted by Crippen LogP contribution is 2.41. The van der Waals surface area contributed by atoms with Gasteiger partial charge in [-0.15, -0.1) is 0 Å².